The van der Waals surface area contributed by atoms with Gasteiger partial charge in [-0.2, -0.15) is 0 Å². The molecule has 4 rings (SSSR count). The Morgan fingerprint density at radius 1 is 1.09 bits per heavy atom. The molecule has 2 amide bonds. The fourth-order valence-electron chi connectivity index (χ4n) is 4.57. The third-order valence-corrected chi connectivity index (χ3v) is 7.26. The van der Waals surface area contributed by atoms with E-state index in [-0.39, 0.29) is 23.8 Å². The van der Waals surface area contributed by atoms with Crippen molar-refractivity contribution >= 4 is 21.8 Å². The molecule has 1 saturated heterocycles. The summed E-state index contributed by atoms with van der Waals surface area (Å²) in [5.41, 5.74) is 1.47. The average Bonchev–Trinajstić information content (AvgIpc) is 2.73. The van der Waals surface area contributed by atoms with E-state index in [1.165, 1.54) is 18.2 Å². The SMILES string of the molecule is NS(=O)(=O)c1cc(CNC(=O)N2CCC3(CC2)CC(=O)c2cc(F)ccc2C3)ccc1F. The summed E-state index contributed by atoms with van der Waals surface area (Å²) >= 11 is 0. The Hall–Kier alpha value is -2.85. The molecule has 0 unspecified atom stereocenters. The molecule has 1 spiro atoms. The van der Waals surface area contributed by atoms with Crippen molar-refractivity contribution in [1.82, 2.24) is 10.2 Å². The quantitative estimate of drug-likeness (QED) is 0.729. The van der Waals surface area contributed by atoms with E-state index in [0.29, 0.717) is 49.9 Å². The predicted octanol–water partition coefficient (Wildman–Crippen LogP) is 2.73. The highest BCUT2D eigenvalue weighted by Crippen LogP contribution is 2.43. The fourth-order valence-corrected chi connectivity index (χ4v) is 5.22. The van der Waals surface area contributed by atoms with E-state index < -0.39 is 26.6 Å². The van der Waals surface area contributed by atoms with Crippen LogP contribution in [-0.2, 0) is 23.0 Å². The number of benzene rings is 2. The first kappa shape index (κ1) is 22.3. The molecule has 2 aromatic rings. The van der Waals surface area contributed by atoms with Gasteiger partial charge < -0.3 is 10.2 Å². The summed E-state index contributed by atoms with van der Waals surface area (Å²) in [6.07, 6.45) is 2.31. The van der Waals surface area contributed by atoms with E-state index in [9.17, 15) is 26.8 Å². The van der Waals surface area contributed by atoms with Gasteiger partial charge in [-0.15, -0.1) is 0 Å². The van der Waals surface area contributed by atoms with Gasteiger partial charge in [0.15, 0.2) is 5.78 Å². The zero-order valence-electron chi connectivity index (χ0n) is 17.2. The molecule has 0 aromatic heterocycles. The van der Waals surface area contributed by atoms with Gasteiger partial charge in [0, 0.05) is 31.6 Å². The molecule has 1 fully saturated rings. The molecular formula is C22H23F2N3O4S. The second kappa shape index (κ2) is 8.25. The minimum atomic E-state index is -4.21. The van der Waals surface area contributed by atoms with E-state index in [2.05, 4.69) is 5.32 Å². The standard InChI is InChI=1S/C22H23F2N3O4S/c23-16-3-2-15-11-22(12-19(28)17(15)10-16)5-7-27(8-6-22)21(29)26-13-14-1-4-18(24)20(9-14)32(25,30)31/h1-4,9-10H,5-8,11-13H2,(H,26,29)(H2,25,30,31). The van der Waals surface area contributed by atoms with Gasteiger partial charge in [0.2, 0.25) is 10.0 Å². The minimum Gasteiger partial charge on any atom is -0.334 e. The second-order valence-electron chi connectivity index (χ2n) is 8.53. The van der Waals surface area contributed by atoms with Crippen LogP contribution in [-0.4, -0.2) is 38.2 Å². The number of nitrogens with two attached hydrogens (primary N) is 1. The van der Waals surface area contributed by atoms with Crippen LogP contribution in [0.4, 0.5) is 13.6 Å². The Balaban J connectivity index is 1.36. The lowest BCUT2D eigenvalue weighted by atomic mass is 9.66. The maximum absolute atomic E-state index is 13.7. The molecule has 0 radical (unpaired) electrons. The molecule has 32 heavy (non-hydrogen) atoms. The van der Waals surface area contributed by atoms with E-state index in [1.54, 1.807) is 11.0 Å². The summed E-state index contributed by atoms with van der Waals surface area (Å²) in [5.74, 6) is -1.43. The number of fused-ring (bicyclic) bond motifs is 1. The highest BCUT2D eigenvalue weighted by Gasteiger charge is 2.41. The van der Waals surface area contributed by atoms with Crippen LogP contribution in [0.1, 0.15) is 40.7 Å². The Labute approximate surface area is 184 Å². The number of nitrogens with zero attached hydrogens (tertiary/aromatic N) is 1. The van der Waals surface area contributed by atoms with Crippen LogP contribution in [0.2, 0.25) is 0 Å². The number of Topliss-reactive ketones (excluding diaryl/α,β-unsaturated/α-hetero) is 1. The number of hydrogen-bond acceptors (Lipinski definition) is 4. The van der Waals surface area contributed by atoms with Gasteiger partial charge in [0.25, 0.3) is 0 Å². The number of likely N-dealkylation sites (tertiary alicyclic amines) is 1. The number of piperidine rings is 1. The van der Waals surface area contributed by atoms with Crippen molar-refractivity contribution in [1.29, 1.82) is 0 Å². The number of nitrogens with one attached hydrogen (secondary N) is 1. The lowest BCUT2D eigenvalue weighted by Gasteiger charge is -2.44. The first-order valence-corrected chi connectivity index (χ1v) is 11.8. The molecule has 3 N–H and O–H groups in total. The number of hydrogen-bond donors (Lipinski definition) is 2. The molecule has 170 valence electrons. The predicted molar refractivity (Wildman–Crippen MR) is 112 cm³/mol. The molecule has 0 atom stereocenters. The smallest absolute Gasteiger partial charge is 0.317 e. The van der Waals surface area contributed by atoms with Crippen molar-refractivity contribution in [2.45, 2.75) is 37.1 Å². The molecule has 1 heterocycles. The van der Waals surface area contributed by atoms with Crippen molar-refractivity contribution in [2.75, 3.05) is 13.1 Å². The summed E-state index contributed by atoms with van der Waals surface area (Å²) < 4.78 is 50.1. The van der Waals surface area contributed by atoms with Crippen molar-refractivity contribution in [2.24, 2.45) is 10.6 Å². The summed E-state index contributed by atoms with van der Waals surface area (Å²) in [5, 5.41) is 7.72. The van der Waals surface area contributed by atoms with Crippen LogP contribution in [0.25, 0.3) is 0 Å². The Bertz CT molecular complexity index is 1190. The first-order valence-electron chi connectivity index (χ1n) is 10.2. The van der Waals surface area contributed by atoms with Crippen molar-refractivity contribution in [3.63, 3.8) is 0 Å². The number of ketones is 1. The van der Waals surface area contributed by atoms with Crippen LogP contribution in [0.3, 0.4) is 0 Å². The molecule has 0 saturated carbocycles. The molecule has 2 aliphatic rings. The van der Waals surface area contributed by atoms with E-state index >= 15 is 0 Å². The van der Waals surface area contributed by atoms with Gasteiger partial charge in [0.1, 0.15) is 16.5 Å². The van der Waals surface area contributed by atoms with Gasteiger partial charge in [0.05, 0.1) is 0 Å². The zero-order valence-corrected chi connectivity index (χ0v) is 18.1. The number of rotatable bonds is 3. The number of urea groups is 1. The lowest BCUT2D eigenvalue weighted by Crippen LogP contribution is -2.49. The number of sulfonamides is 1. The summed E-state index contributed by atoms with van der Waals surface area (Å²) in [6, 6.07) is 7.48. The monoisotopic (exact) mass is 463 g/mol. The normalized spacial score (nSPS) is 17.8. The topological polar surface area (TPSA) is 110 Å². The maximum atomic E-state index is 13.7. The molecular weight excluding hydrogens is 440 g/mol. The van der Waals surface area contributed by atoms with Crippen LogP contribution in [0.5, 0.6) is 0 Å². The highest BCUT2D eigenvalue weighted by molar-refractivity contribution is 7.89. The number of halogens is 2. The number of carbonyl (C=O) groups excluding carboxylic acids is 2. The van der Waals surface area contributed by atoms with Crippen molar-refractivity contribution in [3.05, 3.63) is 64.7 Å². The molecule has 1 aliphatic heterocycles. The number of carbonyl (C=O) groups is 2. The number of amides is 2. The Morgan fingerprint density at radius 3 is 2.50 bits per heavy atom. The van der Waals surface area contributed by atoms with Crippen LogP contribution in [0.15, 0.2) is 41.3 Å². The van der Waals surface area contributed by atoms with Gasteiger partial charge in [-0.05, 0) is 60.1 Å². The zero-order chi connectivity index (χ0) is 23.1. The molecule has 2 aromatic carbocycles. The van der Waals surface area contributed by atoms with Crippen molar-refractivity contribution in [3.8, 4) is 0 Å². The van der Waals surface area contributed by atoms with Crippen LogP contribution < -0.4 is 10.5 Å². The van der Waals surface area contributed by atoms with Crippen molar-refractivity contribution < 1.29 is 26.8 Å². The molecule has 7 nitrogen and oxygen atoms in total. The molecule has 0 bridgehead atoms. The Kier molecular flexibility index (Phi) is 5.76. The fraction of sp³-hybridized carbons (Fsp3) is 0.364. The van der Waals surface area contributed by atoms with Crippen LogP contribution in [0, 0.1) is 17.0 Å². The Morgan fingerprint density at radius 2 is 1.81 bits per heavy atom. The van der Waals surface area contributed by atoms with Crippen LogP contribution >= 0.6 is 0 Å². The van der Waals surface area contributed by atoms with E-state index in [1.807, 2.05) is 0 Å². The molecule has 10 heteroatoms. The third-order valence-electron chi connectivity index (χ3n) is 6.33. The van der Waals surface area contributed by atoms with Gasteiger partial charge in [-0.25, -0.2) is 27.1 Å². The maximum Gasteiger partial charge on any atom is 0.317 e. The lowest BCUT2D eigenvalue weighted by molar-refractivity contribution is 0.0735. The first-order chi connectivity index (χ1) is 15.1. The summed E-state index contributed by atoms with van der Waals surface area (Å²) in [4.78, 5) is 26.2. The second-order valence-corrected chi connectivity index (χ2v) is 10.1. The highest BCUT2D eigenvalue weighted by atomic mass is 32.2. The summed E-state index contributed by atoms with van der Waals surface area (Å²) in [6.45, 7) is 0.934. The van der Waals surface area contributed by atoms with E-state index in [4.69, 9.17) is 5.14 Å². The van der Waals surface area contributed by atoms with Gasteiger partial charge in [-0.3, -0.25) is 4.79 Å². The van der Waals surface area contributed by atoms with Gasteiger partial charge in [-0.1, -0.05) is 12.1 Å². The minimum absolute atomic E-state index is 0.0146. The summed E-state index contributed by atoms with van der Waals surface area (Å²) in [7, 11) is -4.21. The third kappa shape index (κ3) is 4.51. The average molecular weight is 464 g/mol. The number of primary sulfonamides is 1. The molecule has 1 aliphatic carbocycles. The van der Waals surface area contributed by atoms with E-state index in [0.717, 1.165) is 17.7 Å². The largest absolute Gasteiger partial charge is 0.334 e. The van der Waals surface area contributed by atoms with Gasteiger partial charge >= 0.3 is 6.03 Å².